The summed E-state index contributed by atoms with van der Waals surface area (Å²) in [7, 11) is 0. The number of thiophene rings is 1. The van der Waals surface area contributed by atoms with E-state index in [-0.39, 0.29) is 12.6 Å². The minimum absolute atomic E-state index is 0.135. The summed E-state index contributed by atoms with van der Waals surface area (Å²) < 4.78 is 43.2. The van der Waals surface area contributed by atoms with Gasteiger partial charge in [0.1, 0.15) is 5.76 Å². The first-order chi connectivity index (χ1) is 12.9. The lowest BCUT2D eigenvalue weighted by Crippen LogP contribution is -2.38. The predicted molar refractivity (Wildman–Crippen MR) is 96.0 cm³/mol. The lowest BCUT2D eigenvalue weighted by Gasteiger charge is -2.21. The average molecular weight is 394 g/mol. The minimum atomic E-state index is -4.37. The molecule has 3 aromatic rings. The molecule has 0 fully saturated rings. The number of alkyl halides is 3. The summed E-state index contributed by atoms with van der Waals surface area (Å²) in [5, 5.41) is 4.68. The Morgan fingerprint density at radius 3 is 2.44 bits per heavy atom. The van der Waals surface area contributed by atoms with E-state index in [1.165, 1.54) is 12.1 Å². The van der Waals surface area contributed by atoms with E-state index in [4.69, 9.17) is 4.42 Å². The van der Waals surface area contributed by atoms with Crippen molar-refractivity contribution in [1.29, 1.82) is 0 Å². The highest BCUT2D eigenvalue weighted by atomic mass is 32.1. The van der Waals surface area contributed by atoms with Crippen LogP contribution < -0.4 is 5.32 Å². The van der Waals surface area contributed by atoms with Gasteiger partial charge in [-0.1, -0.05) is 18.2 Å². The Kier molecular flexibility index (Phi) is 5.85. The third-order valence-corrected chi connectivity index (χ3v) is 4.73. The molecule has 0 bridgehead atoms. The second-order valence-electron chi connectivity index (χ2n) is 5.87. The van der Waals surface area contributed by atoms with Crippen LogP contribution in [0.15, 0.2) is 64.6 Å². The third-order valence-electron chi connectivity index (χ3n) is 3.87. The van der Waals surface area contributed by atoms with Crippen molar-refractivity contribution in [1.82, 2.24) is 10.2 Å². The number of hydrogen-bond donors (Lipinski definition) is 1. The SMILES string of the molecule is O=C(NCc1ccc(C(F)(F)F)cc1)N(Cc1ccco1)Cc1cccs1. The fourth-order valence-electron chi connectivity index (χ4n) is 2.48. The first kappa shape index (κ1) is 19.0. The van der Waals surface area contributed by atoms with E-state index in [0.717, 1.165) is 17.0 Å². The molecule has 0 aliphatic carbocycles. The van der Waals surface area contributed by atoms with Crippen molar-refractivity contribution < 1.29 is 22.4 Å². The number of halogens is 3. The molecule has 8 heteroatoms. The van der Waals surface area contributed by atoms with Crippen LogP contribution in [0, 0.1) is 0 Å². The van der Waals surface area contributed by atoms with Crippen molar-refractivity contribution in [2.24, 2.45) is 0 Å². The summed E-state index contributed by atoms with van der Waals surface area (Å²) in [5.41, 5.74) is -0.125. The quantitative estimate of drug-likeness (QED) is 0.619. The molecule has 0 radical (unpaired) electrons. The number of nitrogens with zero attached hydrogens (tertiary/aromatic N) is 1. The summed E-state index contributed by atoms with van der Waals surface area (Å²) in [6.07, 6.45) is -2.83. The van der Waals surface area contributed by atoms with Crippen molar-refractivity contribution in [2.45, 2.75) is 25.8 Å². The summed E-state index contributed by atoms with van der Waals surface area (Å²) in [6, 6.07) is 11.8. The van der Waals surface area contributed by atoms with Gasteiger partial charge in [0.05, 0.1) is 24.9 Å². The number of furan rings is 1. The molecule has 3 rings (SSSR count). The van der Waals surface area contributed by atoms with Crippen LogP contribution in [-0.4, -0.2) is 10.9 Å². The highest BCUT2D eigenvalue weighted by molar-refractivity contribution is 7.09. The van der Waals surface area contributed by atoms with Crippen molar-refractivity contribution >= 4 is 17.4 Å². The lowest BCUT2D eigenvalue weighted by molar-refractivity contribution is -0.137. The monoisotopic (exact) mass is 394 g/mol. The van der Waals surface area contributed by atoms with Gasteiger partial charge in [0.2, 0.25) is 0 Å². The fourth-order valence-corrected chi connectivity index (χ4v) is 3.20. The fraction of sp³-hybridized carbons (Fsp3) is 0.211. The molecule has 0 unspecified atom stereocenters. The molecule has 0 spiro atoms. The lowest BCUT2D eigenvalue weighted by atomic mass is 10.1. The Balaban J connectivity index is 1.63. The zero-order chi connectivity index (χ0) is 19.3. The maximum atomic E-state index is 12.6. The van der Waals surface area contributed by atoms with Crippen LogP contribution in [-0.2, 0) is 25.8 Å². The van der Waals surface area contributed by atoms with E-state index < -0.39 is 11.7 Å². The maximum Gasteiger partial charge on any atom is 0.416 e. The van der Waals surface area contributed by atoms with Gasteiger partial charge in [-0.3, -0.25) is 0 Å². The minimum Gasteiger partial charge on any atom is -0.467 e. The smallest absolute Gasteiger partial charge is 0.416 e. The summed E-state index contributed by atoms with van der Waals surface area (Å²) >= 11 is 1.54. The number of amides is 2. The molecule has 27 heavy (non-hydrogen) atoms. The number of nitrogens with one attached hydrogen (secondary N) is 1. The number of benzene rings is 1. The van der Waals surface area contributed by atoms with E-state index in [1.807, 2.05) is 17.5 Å². The Morgan fingerprint density at radius 2 is 1.85 bits per heavy atom. The molecule has 1 N–H and O–H groups in total. The number of hydrogen-bond acceptors (Lipinski definition) is 3. The zero-order valence-electron chi connectivity index (χ0n) is 14.2. The zero-order valence-corrected chi connectivity index (χ0v) is 15.0. The predicted octanol–water partition coefficient (Wildman–Crippen LogP) is 5.27. The number of urea groups is 1. The van der Waals surface area contributed by atoms with E-state index in [9.17, 15) is 18.0 Å². The second kappa shape index (κ2) is 8.30. The van der Waals surface area contributed by atoms with Crippen LogP contribution >= 0.6 is 11.3 Å². The van der Waals surface area contributed by atoms with E-state index in [1.54, 1.807) is 34.6 Å². The molecule has 1 aromatic carbocycles. The van der Waals surface area contributed by atoms with Gasteiger partial charge >= 0.3 is 12.2 Å². The molecule has 142 valence electrons. The largest absolute Gasteiger partial charge is 0.467 e. The van der Waals surface area contributed by atoms with Crippen molar-refractivity contribution in [2.75, 3.05) is 0 Å². The van der Waals surface area contributed by atoms with Crippen LogP contribution in [0.25, 0.3) is 0 Å². The number of carbonyl (C=O) groups is 1. The van der Waals surface area contributed by atoms with Crippen LogP contribution in [0.4, 0.5) is 18.0 Å². The van der Waals surface area contributed by atoms with Crippen molar-refractivity contribution in [3.63, 3.8) is 0 Å². The van der Waals surface area contributed by atoms with Gasteiger partial charge in [-0.15, -0.1) is 11.3 Å². The maximum absolute atomic E-state index is 12.6. The standard InChI is InChI=1S/C19H17F3N2O2S/c20-19(21,22)15-7-5-14(6-8-15)11-23-18(25)24(12-16-3-1-9-26-16)13-17-4-2-10-27-17/h1-10H,11-13H2,(H,23,25). The van der Waals surface area contributed by atoms with E-state index in [2.05, 4.69) is 5.32 Å². The van der Waals surface area contributed by atoms with E-state index in [0.29, 0.717) is 24.4 Å². The Bertz CT molecular complexity index is 808. The Morgan fingerprint density at radius 1 is 1.07 bits per heavy atom. The molecular weight excluding hydrogens is 377 g/mol. The van der Waals surface area contributed by atoms with Gasteiger partial charge in [-0.05, 0) is 41.3 Å². The van der Waals surface area contributed by atoms with Gasteiger partial charge in [0.25, 0.3) is 0 Å². The molecule has 0 saturated carbocycles. The van der Waals surface area contributed by atoms with Gasteiger partial charge in [0.15, 0.2) is 0 Å². The van der Waals surface area contributed by atoms with Crippen molar-refractivity contribution in [3.05, 3.63) is 81.9 Å². The van der Waals surface area contributed by atoms with Gasteiger partial charge in [-0.2, -0.15) is 13.2 Å². The first-order valence-electron chi connectivity index (χ1n) is 8.15. The molecule has 0 atom stereocenters. The van der Waals surface area contributed by atoms with Crippen molar-refractivity contribution in [3.8, 4) is 0 Å². The number of carbonyl (C=O) groups excluding carboxylic acids is 1. The third kappa shape index (κ3) is 5.37. The van der Waals surface area contributed by atoms with E-state index >= 15 is 0 Å². The average Bonchev–Trinajstić information content (AvgIpc) is 3.33. The van der Waals surface area contributed by atoms with Crippen LogP contribution in [0.5, 0.6) is 0 Å². The molecule has 2 amide bonds. The van der Waals surface area contributed by atoms with Gasteiger partial charge < -0.3 is 14.6 Å². The highest BCUT2D eigenvalue weighted by Crippen LogP contribution is 2.29. The molecular formula is C19H17F3N2O2S. The van der Waals surface area contributed by atoms with Gasteiger partial charge in [0, 0.05) is 11.4 Å². The molecule has 0 aliphatic heterocycles. The van der Waals surface area contributed by atoms with Gasteiger partial charge in [-0.25, -0.2) is 4.79 Å². The van der Waals surface area contributed by atoms with Crippen LogP contribution in [0.3, 0.4) is 0 Å². The Labute approximate surface area is 158 Å². The second-order valence-corrected chi connectivity index (χ2v) is 6.90. The summed E-state index contributed by atoms with van der Waals surface area (Å²) in [6.45, 7) is 0.844. The first-order valence-corrected chi connectivity index (χ1v) is 9.03. The normalized spacial score (nSPS) is 11.4. The Hall–Kier alpha value is -2.74. The molecule has 0 aliphatic rings. The topological polar surface area (TPSA) is 45.5 Å². The van der Waals surface area contributed by atoms with Crippen LogP contribution in [0.1, 0.15) is 21.8 Å². The molecule has 2 heterocycles. The molecule has 0 saturated heterocycles. The van der Waals surface area contributed by atoms with Crippen LogP contribution in [0.2, 0.25) is 0 Å². The highest BCUT2D eigenvalue weighted by Gasteiger charge is 2.29. The summed E-state index contributed by atoms with van der Waals surface area (Å²) in [5.74, 6) is 0.649. The molecule has 4 nitrogen and oxygen atoms in total. The molecule has 2 aromatic heterocycles. The summed E-state index contributed by atoms with van der Waals surface area (Å²) in [4.78, 5) is 15.2. The number of rotatable bonds is 6.